The molecule has 0 spiro atoms. The van der Waals surface area contributed by atoms with E-state index < -0.39 is 11.6 Å². The number of carbonyl (C=O) groups is 3. The Bertz CT molecular complexity index is 529. The maximum Gasteiger partial charge on any atom is 0.197 e. The highest BCUT2D eigenvalue weighted by atomic mass is 35.5. The van der Waals surface area contributed by atoms with E-state index in [4.69, 9.17) is 11.6 Å². The maximum absolute atomic E-state index is 11.9. The van der Waals surface area contributed by atoms with Gasteiger partial charge in [0.25, 0.3) is 0 Å². The quantitative estimate of drug-likeness (QED) is 0.579. The summed E-state index contributed by atoms with van der Waals surface area (Å²) in [6.07, 6.45) is 1.06. The molecule has 0 aliphatic heterocycles. The van der Waals surface area contributed by atoms with Crippen molar-refractivity contribution < 1.29 is 14.4 Å². The van der Waals surface area contributed by atoms with Gasteiger partial charge >= 0.3 is 0 Å². The number of allylic oxidation sites excluding steroid dienone is 2. The van der Waals surface area contributed by atoms with Gasteiger partial charge in [0.05, 0.1) is 11.5 Å². The number of carbonyl (C=O) groups excluding carboxylic acids is 3. The number of hydrogen-bond acceptors (Lipinski definition) is 3. The fourth-order valence-corrected chi connectivity index (χ4v) is 1.74. The predicted molar refractivity (Wildman–Crippen MR) is 58.9 cm³/mol. The highest BCUT2D eigenvalue weighted by Gasteiger charge is 2.28. The van der Waals surface area contributed by atoms with Gasteiger partial charge in [0.1, 0.15) is 0 Å². The molecule has 1 aromatic rings. The summed E-state index contributed by atoms with van der Waals surface area (Å²) >= 11 is 5.37. The van der Waals surface area contributed by atoms with E-state index in [1.54, 1.807) is 18.2 Å². The SMILES string of the molecule is O=C(CCl)C1=CC(=O)c2ccccc2C1=O. The van der Waals surface area contributed by atoms with E-state index in [9.17, 15) is 14.4 Å². The summed E-state index contributed by atoms with van der Waals surface area (Å²) < 4.78 is 0. The second-order valence-corrected chi connectivity index (χ2v) is 3.62. The molecule has 0 aromatic heterocycles. The average Bonchev–Trinajstić information content (AvgIpc) is 2.33. The summed E-state index contributed by atoms with van der Waals surface area (Å²) in [5, 5.41) is 0. The average molecular weight is 235 g/mol. The Labute approximate surface area is 96.7 Å². The Kier molecular flexibility index (Phi) is 2.71. The molecule has 0 unspecified atom stereocenters. The van der Waals surface area contributed by atoms with Crippen molar-refractivity contribution in [3.63, 3.8) is 0 Å². The molecule has 0 saturated carbocycles. The van der Waals surface area contributed by atoms with E-state index in [1.165, 1.54) is 6.07 Å². The molecule has 0 fully saturated rings. The first-order valence-electron chi connectivity index (χ1n) is 4.64. The molecule has 3 nitrogen and oxygen atoms in total. The molecule has 16 heavy (non-hydrogen) atoms. The third-order valence-electron chi connectivity index (χ3n) is 2.38. The topological polar surface area (TPSA) is 51.2 Å². The van der Waals surface area contributed by atoms with Crippen LogP contribution in [0.25, 0.3) is 0 Å². The Hall–Kier alpha value is -1.74. The van der Waals surface area contributed by atoms with Crippen LogP contribution >= 0.6 is 11.6 Å². The predicted octanol–water partition coefficient (Wildman–Crippen LogP) is 1.80. The van der Waals surface area contributed by atoms with E-state index in [-0.39, 0.29) is 22.8 Å². The van der Waals surface area contributed by atoms with Gasteiger partial charge in [0.2, 0.25) is 0 Å². The van der Waals surface area contributed by atoms with Gasteiger partial charge in [-0.1, -0.05) is 24.3 Å². The van der Waals surface area contributed by atoms with E-state index in [2.05, 4.69) is 0 Å². The van der Waals surface area contributed by atoms with Crippen LogP contribution in [-0.2, 0) is 4.79 Å². The second kappa shape index (κ2) is 4.02. The number of Topliss-reactive ketones (excluding diaryl/α,β-unsaturated/α-hetero) is 2. The van der Waals surface area contributed by atoms with Crippen molar-refractivity contribution in [2.75, 3.05) is 5.88 Å². The molecule has 80 valence electrons. The summed E-state index contributed by atoms with van der Waals surface area (Å²) in [7, 11) is 0. The third-order valence-corrected chi connectivity index (χ3v) is 2.62. The Balaban J connectivity index is 2.56. The van der Waals surface area contributed by atoms with Crippen LogP contribution in [0.5, 0.6) is 0 Å². The van der Waals surface area contributed by atoms with Crippen molar-refractivity contribution in [3.8, 4) is 0 Å². The summed E-state index contributed by atoms with van der Waals surface area (Å²) in [5.74, 6) is -1.58. The van der Waals surface area contributed by atoms with Crippen molar-refractivity contribution in [2.45, 2.75) is 0 Å². The molecular formula is C12H7ClO3. The number of halogens is 1. The van der Waals surface area contributed by atoms with E-state index in [0.717, 1.165) is 6.08 Å². The summed E-state index contributed by atoms with van der Waals surface area (Å²) in [6, 6.07) is 6.42. The van der Waals surface area contributed by atoms with Crippen LogP contribution in [-0.4, -0.2) is 23.2 Å². The highest BCUT2D eigenvalue weighted by Crippen LogP contribution is 2.21. The molecule has 4 heteroatoms. The van der Waals surface area contributed by atoms with Gasteiger partial charge in [-0.2, -0.15) is 0 Å². The Morgan fingerprint density at radius 2 is 1.75 bits per heavy atom. The zero-order chi connectivity index (χ0) is 11.7. The zero-order valence-electron chi connectivity index (χ0n) is 8.20. The molecule has 0 N–H and O–H groups in total. The first kappa shape index (κ1) is 10.8. The van der Waals surface area contributed by atoms with Crippen LogP contribution in [0.1, 0.15) is 20.7 Å². The fraction of sp³-hybridized carbons (Fsp3) is 0.0833. The highest BCUT2D eigenvalue weighted by molar-refractivity contribution is 6.41. The number of ketones is 3. The minimum Gasteiger partial charge on any atom is -0.293 e. The molecule has 1 aromatic carbocycles. The number of rotatable bonds is 2. The molecule has 2 rings (SSSR count). The van der Waals surface area contributed by atoms with Crippen LogP contribution in [0.15, 0.2) is 35.9 Å². The zero-order valence-corrected chi connectivity index (χ0v) is 8.95. The standard InChI is InChI=1S/C12H7ClO3/c13-6-11(15)9-5-10(14)7-3-1-2-4-8(7)12(9)16/h1-5H,6H2. The van der Waals surface area contributed by atoms with Crippen molar-refractivity contribution in [1.29, 1.82) is 0 Å². The molecule has 0 bridgehead atoms. The smallest absolute Gasteiger partial charge is 0.197 e. The number of benzene rings is 1. The summed E-state index contributed by atoms with van der Waals surface area (Å²) in [4.78, 5) is 34.9. The van der Waals surface area contributed by atoms with Gasteiger partial charge in [-0.25, -0.2) is 0 Å². The van der Waals surface area contributed by atoms with Gasteiger partial charge in [0, 0.05) is 17.2 Å². The van der Waals surface area contributed by atoms with Crippen molar-refractivity contribution in [3.05, 3.63) is 47.0 Å². The lowest BCUT2D eigenvalue weighted by molar-refractivity contribution is -0.113. The summed E-state index contributed by atoms with van der Waals surface area (Å²) in [6.45, 7) is 0. The third kappa shape index (κ3) is 1.59. The minimum atomic E-state index is -0.519. The van der Waals surface area contributed by atoms with Crippen LogP contribution in [0.4, 0.5) is 0 Å². The Morgan fingerprint density at radius 1 is 1.12 bits per heavy atom. The lowest BCUT2D eigenvalue weighted by Gasteiger charge is -2.12. The fourth-order valence-electron chi connectivity index (χ4n) is 1.59. The lowest BCUT2D eigenvalue weighted by Crippen LogP contribution is -2.22. The molecule has 0 heterocycles. The molecule has 0 atom stereocenters. The van der Waals surface area contributed by atoms with Crippen molar-refractivity contribution in [1.82, 2.24) is 0 Å². The van der Waals surface area contributed by atoms with E-state index in [0.29, 0.717) is 5.56 Å². The maximum atomic E-state index is 11.9. The number of fused-ring (bicyclic) bond motifs is 1. The van der Waals surface area contributed by atoms with E-state index in [1.807, 2.05) is 0 Å². The van der Waals surface area contributed by atoms with Crippen LogP contribution in [0, 0.1) is 0 Å². The largest absolute Gasteiger partial charge is 0.293 e. The molecule has 0 radical (unpaired) electrons. The minimum absolute atomic E-state index is 0.126. The summed E-state index contributed by atoms with van der Waals surface area (Å²) in [5.41, 5.74) is 0.473. The second-order valence-electron chi connectivity index (χ2n) is 3.35. The molecule has 1 aliphatic carbocycles. The monoisotopic (exact) mass is 234 g/mol. The first-order chi connectivity index (χ1) is 7.65. The van der Waals surface area contributed by atoms with Gasteiger partial charge in [0.15, 0.2) is 17.3 Å². The molecule has 1 aliphatic rings. The van der Waals surface area contributed by atoms with Gasteiger partial charge in [-0.3, -0.25) is 14.4 Å². The number of alkyl halides is 1. The molecule has 0 amide bonds. The lowest BCUT2D eigenvalue weighted by atomic mass is 9.88. The van der Waals surface area contributed by atoms with Crippen molar-refractivity contribution in [2.24, 2.45) is 0 Å². The van der Waals surface area contributed by atoms with Crippen molar-refractivity contribution >= 4 is 29.0 Å². The molecular weight excluding hydrogens is 228 g/mol. The van der Waals surface area contributed by atoms with Gasteiger partial charge < -0.3 is 0 Å². The van der Waals surface area contributed by atoms with Crippen LogP contribution in [0.2, 0.25) is 0 Å². The van der Waals surface area contributed by atoms with Crippen LogP contribution in [0.3, 0.4) is 0 Å². The molecule has 0 saturated heterocycles. The normalized spacial score (nSPS) is 14.4. The van der Waals surface area contributed by atoms with Gasteiger partial charge in [-0.15, -0.1) is 11.6 Å². The van der Waals surface area contributed by atoms with Crippen LogP contribution < -0.4 is 0 Å². The Morgan fingerprint density at radius 3 is 2.38 bits per heavy atom. The van der Waals surface area contributed by atoms with E-state index >= 15 is 0 Å². The van der Waals surface area contributed by atoms with Gasteiger partial charge in [-0.05, 0) is 0 Å². The first-order valence-corrected chi connectivity index (χ1v) is 5.17. The number of hydrogen-bond donors (Lipinski definition) is 0.